The van der Waals surface area contributed by atoms with Crippen LogP contribution in [0.1, 0.15) is 0 Å². The summed E-state index contributed by atoms with van der Waals surface area (Å²) in [7, 11) is 0. The van der Waals surface area contributed by atoms with Crippen LogP contribution in [0.4, 0.5) is 0 Å². The fourth-order valence-corrected chi connectivity index (χ4v) is 0. The average molecular weight is 107 g/mol. The molecular weight excluding hydrogens is 103 g/mol. The Hall–Kier alpha value is -0.590. The summed E-state index contributed by atoms with van der Waals surface area (Å²) in [5, 5.41) is 0. The third kappa shape index (κ3) is 56.9. The van der Waals surface area contributed by atoms with Gasteiger partial charge in [0.05, 0.1) is 0 Å². The Labute approximate surface area is 40.4 Å². The molecule has 0 aliphatic carbocycles. The molecule has 0 rings (SSSR count). The molecule has 0 spiro atoms. The van der Waals surface area contributed by atoms with Gasteiger partial charge in [0.15, 0.2) is 0 Å². The van der Waals surface area contributed by atoms with Gasteiger partial charge in [-0.3, -0.25) is 0 Å². The molecule has 0 aromatic rings. The maximum Gasteiger partial charge on any atom is 0.373 e. The molecule has 2 nitrogen and oxygen atoms in total. The number of halogens is 1. The molecule has 0 saturated carbocycles. The van der Waals surface area contributed by atoms with Gasteiger partial charge in [-0.15, -0.1) is 0 Å². The van der Waals surface area contributed by atoms with Crippen molar-refractivity contribution in [2.45, 2.75) is 0 Å². The Morgan fingerprint density at radius 3 is 1.67 bits per heavy atom. The van der Waals surface area contributed by atoms with E-state index in [9.17, 15) is 0 Å². The van der Waals surface area contributed by atoms with E-state index in [4.69, 9.17) is 21.2 Å². The van der Waals surface area contributed by atoms with Crippen molar-refractivity contribution in [1.82, 2.24) is 0 Å². The molecule has 0 atom stereocenters. The molecule has 3 heteroatoms. The maximum atomic E-state index is 8.12. The molecule has 0 unspecified atom stereocenters. The highest BCUT2D eigenvalue weighted by atomic mass is 35.5. The van der Waals surface area contributed by atoms with Crippen LogP contribution in [-0.2, 0) is 9.59 Å². The summed E-state index contributed by atoms with van der Waals surface area (Å²) in [4.78, 5) is 16.2. The highest BCUT2D eigenvalue weighted by Gasteiger charge is 1.18. The van der Waals surface area contributed by atoms with Crippen LogP contribution in [0.15, 0.2) is 12.1 Å². The molecule has 0 aromatic heterocycles. The molecule has 0 aliphatic rings. The van der Waals surface area contributed by atoms with Crippen molar-refractivity contribution in [2.75, 3.05) is 0 Å². The Balaban J connectivity index is 0. The van der Waals surface area contributed by atoms with Gasteiger partial charge in [0.1, 0.15) is 0 Å². The summed E-state index contributed by atoms with van der Waals surface area (Å²) >= 11 is 4.76. The van der Waals surface area contributed by atoms with Crippen molar-refractivity contribution in [2.24, 2.45) is 0 Å². The van der Waals surface area contributed by atoms with E-state index < -0.39 is 0 Å². The first kappa shape index (κ1) is 9.05. The predicted molar refractivity (Wildman–Crippen MR) is 21.1 cm³/mol. The SMILES string of the molecule is C=CCl.O=C=O. The topological polar surface area (TPSA) is 34.1 Å². The molecule has 0 fully saturated rings. The van der Waals surface area contributed by atoms with E-state index in [1.807, 2.05) is 0 Å². The van der Waals surface area contributed by atoms with Crippen LogP contribution in [0.3, 0.4) is 0 Å². The number of carbonyl (C=O) groups excluding carboxylic acids is 2. The molecule has 0 saturated heterocycles. The van der Waals surface area contributed by atoms with Gasteiger partial charge in [-0.1, -0.05) is 18.2 Å². The van der Waals surface area contributed by atoms with Gasteiger partial charge in [0, 0.05) is 0 Å². The van der Waals surface area contributed by atoms with E-state index in [0.717, 1.165) is 0 Å². The third-order valence-corrected chi connectivity index (χ3v) is 0. The molecule has 0 aromatic carbocycles. The second kappa shape index (κ2) is 25.8. The van der Waals surface area contributed by atoms with Crippen LogP contribution in [0.5, 0.6) is 0 Å². The van der Waals surface area contributed by atoms with Crippen LogP contribution < -0.4 is 0 Å². The zero-order valence-corrected chi connectivity index (χ0v) is 3.73. The smallest absolute Gasteiger partial charge is 0.186 e. The van der Waals surface area contributed by atoms with Gasteiger partial charge in [-0.2, -0.15) is 9.59 Å². The molecule has 0 N–H and O–H groups in total. The fraction of sp³-hybridized carbons (Fsp3) is 0. The zero-order chi connectivity index (χ0) is 5.41. The van der Waals surface area contributed by atoms with E-state index in [0.29, 0.717) is 0 Å². The first-order valence-corrected chi connectivity index (χ1v) is 1.47. The molecule has 0 heterocycles. The Kier molecular flexibility index (Phi) is 38.9. The fourth-order valence-electron chi connectivity index (χ4n) is 0. The minimum absolute atomic E-state index is 0.250. The minimum Gasteiger partial charge on any atom is -0.186 e. The molecule has 34 valence electrons. The minimum atomic E-state index is 0.250. The van der Waals surface area contributed by atoms with Crippen LogP contribution in [0.2, 0.25) is 0 Å². The summed E-state index contributed by atoms with van der Waals surface area (Å²) in [6, 6.07) is 0. The van der Waals surface area contributed by atoms with Gasteiger partial charge in [0.25, 0.3) is 0 Å². The first-order valence-electron chi connectivity index (χ1n) is 1.03. The summed E-state index contributed by atoms with van der Waals surface area (Å²) in [6.45, 7) is 3.13. The van der Waals surface area contributed by atoms with Crippen LogP contribution in [0, 0.1) is 0 Å². The van der Waals surface area contributed by atoms with Gasteiger partial charge < -0.3 is 0 Å². The molecule has 0 amide bonds. The lowest BCUT2D eigenvalue weighted by atomic mass is 11.3. The lowest BCUT2D eigenvalue weighted by Gasteiger charge is -1.27. The van der Waals surface area contributed by atoms with Crippen molar-refractivity contribution < 1.29 is 9.59 Å². The molecule has 0 bridgehead atoms. The number of hydrogen-bond acceptors (Lipinski definition) is 2. The number of rotatable bonds is 0. The summed E-state index contributed by atoms with van der Waals surface area (Å²) < 4.78 is 0. The third-order valence-electron chi connectivity index (χ3n) is 0. The Morgan fingerprint density at radius 2 is 1.67 bits per heavy atom. The highest BCUT2D eigenvalue weighted by Crippen LogP contribution is 1.60. The summed E-state index contributed by atoms with van der Waals surface area (Å²) in [5.41, 5.74) is 1.22. The van der Waals surface area contributed by atoms with Gasteiger partial charge in [-0.25, -0.2) is 0 Å². The predicted octanol–water partition coefficient (Wildman–Crippen LogP) is 0.785. The monoisotopic (exact) mass is 106 g/mol. The van der Waals surface area contributed by atoms with Crippen LogP contribution in [-0.4, -0.2) is 6.15 Å². The number of hydrogen-bond donors (Lipinski definition) is 0. The maximum absolute atomic E-state index is 8.12. The zero-order valence-electron chi connectivity index (χ0n) is 2.98. The lowest BCUT2D eigenvalue weighted by Crippen LogP contribution is -1.22. The van der Waals surface area contributed by atoms with Crippen molar-refractivity contribution in [3.63, 3.8) is 0 Å². The largest absolute Gasteiger partial charge is 0.373 e. The van der Waals surface area contributed by atoms with Gasteiger partial charge in [-0.05, 0) is 5.54 Å². The summed E-state index contributed by atoms with van der Waals surface area (Å²) in [6.07, 6.45) is 0.250. The van der Waals surface area contributed by atoms with Gasteiger partial charge >= 0.3 is 6.15 Å². The molecular formula is C3H3ClO2. The van der Waals surface area contributed by atoms with Crippen molar-refractivity contribution in [1.29, 1.82) is 0 Å². The lowest BCUT2D eigenvalue weighted by molar-refractivity contribution is -0.191. The van der Waals surface area contributed by atoms with E-state index in [-0.39, 0.29) is 6.15 Å². The van der Waals surface area contributed by atoms with E-state index in [1.54, 1.807) is 0 Å². The van der Waals surface area contributed by atoms with E-state index >= 15 is 0 Å². The normalized spacial score (nSPS) is 3.50. The molecule has 6 heavy (non-hydrogen) atoms. The standard InChI is InChI=1S/C2H3Cl.CO2/c1-2-3;2-1-3/h2H,1H2;. The Morgan fingerprint density at radius 1 is 1.67 bits per heavy atom. The summed E-state index contributed by atoms with van der Waals surface area (Å²) in [5.74, 6) is 0. The second-order valence-corrected chi connectivity index (χ2v) is 0.546. The van der Waals surface area contributed by atoms with E-state index in [1.165, 1.54) is 5.54 Å². The van der Waals surface area contributed by atoms with Crippen LogP contribution in [0.25, 0.3) is 0 Å². The second-order valence-electron chi connectivity index (χ2n) is 0.238. The Bertz CT molecular complexity index is 53.8. The van der Waals surface area contributed by atoms with Crippen LogP contribution >= 0.6 is 11.6 Å². The highest BCUT2D eigenvalue weighted by molar-refractivity contribution is 6.25. The quantitative estimate of drug-likeness (QED) is 0.458. The van der Waals surface area contributed by atoms with E-state index in [2.05, 4.69) is 6.58 Å². The van der Waals surface area contributed by atoms with Crippen molar-refractivity contribution >= 4 is 17.8 Å². The van der Waals surface area contributed by atoms with Gasteiger partial charge in [0.2, 0.25) is 0 Å². The average Bonchev–Trinajstić information content (AvgIpc) is 1.39. The van der Waals surface area contributed by atoms with Crippen molar-refractivity contribution in [3.8, 4) is 0 Å². The molecule has 0 radical (unpaired) electrons. The molecule has 0 aliphatic heterocycles. The van der Waals surface area contributed by atoms with Crippen molar-refractivity contribution in [3.05, 3.63) is 12.1 Å². The first-order chi connectivity index (χ1) is 2.83.